The van der Waals surface area contributed by atoms with Crippen molar-refractivity contribution in [1.29, 1.82) is 0 Å². The van der Waals surface area contributed by atoms with E-state index in [4.69, 9.17) is 11.6 Å². The van der Waals surface area contributed by atoms with E-state index >= 15 is 0 Å². The first-order valence-corrected chi connectivity index (χ1v) is 11.5. The fourth-order valence-electron chi connectivity index (χ4n) is 3.54. The number of rotatable bonds is 7. The summed E-state index contributed by atoms with van der Waals surface area (Å²) in [6.45, 7) is 0. The number of fused-ring (bicyclic) bond motifs is 1. The monoisotopic (exact) mass is 538 g/mol. The predicted octanol–water partition coefficient (Wildman–Crippen LogP) is 1.78. The fourth-order valence-corrected chi connectivity index (χ4v) is 3.74. The third kappa shape index (κ3) is 4.64. The zero-order valence-electron chi connectivity index (χ0n) is 20.2. The molecule has 2 amide bonds. The minimum absolute atomic E-state index is 0.0569. The second-order valence-electron chi connectivity index (χ2n) is 8.40. The fraction of sp³-hybridized carbons (Fsp3) is 0.174. The molecule has 4 heterocycles. The summed E-state index contributed by atoms with van der Waals surface area (Å²) in [4.78, 5) is 52.1. The summed E-state index contributed by atoms with van der Waals surface area (Å²) < 4.78 is 15.7. The van der Waals surface area contributed by atoms with E-state index in [-0.39, 0.29) is 45.2 Å². The van der Waals surface area contributed by atoms with Crippen molar-refractivity contribution in [3.05, 3.63) is 75.5 Å². The Balaban J connectivity index is 1.49. The molecule has 0 radical (unpaired) electrons. The highest BCUT2D eigenvalue weighted by Gasteiger charge is 2.28. The van der Waals surface area contributed by atoms with Crippen molar-refractivity contribution >= 4 is 46.4 Å². The summed E-state index contributed by atoms with van der Waals surface area (Å²) in [6.07, 6.45) is 6.51. The molecule has 0 spiro atoms. The zero-order valence-corrected chi connectivity index (χ0v) is 21.0. The molecule has 0 saturated carbocycles. The Morgan fingerprint density at radius 1 is 1.16 bits per heavy atom. The highest BCUT2D eigenvalue weighted by atomic mass is 35.5. The summed E-state index contributed by atoms with van der Waals surface area (Å²) in [5.74, 6) is -0.496. The van der Waals surface area contributed by atoms with Crippen molar-refractivity contribution in [3.63, 3.8) is 0 Å². The molecule has 38 heavy (non-hydrogen) atoms. The van der Waals surface area contributed by atoms with Crippen LogP contribution in [0, 0.1) is 0 Å². The highest BCUT2D eigenvalue weighted by molar-refractivity contribution is 6.30. The van der Waals surface area contributed by atoms with Crippen molar-refractivity contribution < 1.29 is 14.0 Å². The van der Waals surface area contributed by atoms with Crippen LogP contribution in [0.1, 0.15) is 20.8 Å². The van der Waals surface area contributed by atoms with Crippen LogP contribution in [0.5, 0.6) is 0 Å². The maximum absolute atomic E-state index is 13.3. The Kier molecular flexibility index (Phi) is 6.24. The molecule has 15 heteroatoms. The largest absolute Gasteiger partial charge is 0.373 e. The molecule has 0 aliphatic heterocycles. The average molecular weight is 539 g/mol. The van der Waals surface area contributed by atoms with Crippen LogP contribution < -0.4 is 21.5 Å². The number of halogens is 2. The van der Waals surface area contributed by atoms with Crippen molar-refractivity contribution in [2.75, 3.05) is 31.8 Å². The van der Waals surface area contributed by atoms with Crippen molar-refractivity contribution in [2.45, 2.75) is 6.04 Å². The van der Waals surface area contributed by atoms with Crippen LogP contribution in [0.25, 0.3) is 11.5 Å². The Bertz CT molecular complexity index is 1680. The maximum Gasteiger partial charge on any atom is 0.280 e. The lowest BCUT2D eigenvalue weighted by Crippen LogP contribution is -2.27. The van der Waals surface area contributed by atoms with Gasteiger partial charge < -0.3 is 20.9 Å². The molecule has 1 aliphatic carbocycles. The predicted molar refractivity (Wildman–Crippen MR) is 137 cm³/mol. The second kappa shape index (κ2) is 9.55. The second-order valence-corrected chi connectivity index (χ2v) is 8.84. The van der Waals surface area contributed by atoms with Crippen LogP contribution in [0.2, 0.25) is 5.02 Å². The zero-order chi connectivity index (χ0) is 27.1. The van der Waals surface area contributed by atoms with E-state index in [1.165, 1.54) is 50.9 Å². The third-order valence-corrected chi connectivity index (χ3v) is 5.74. The topological polar surface area (TPSA) is 151 Å². The SMILES string of the molecule is CNc1cc(Nc2cc(Cl)cn(-c3cnc(C(=O)N(C)C)cn3)c2=O)nc2c(C(=O)N[C@H]3C=C3F)cnn12. The van der Waals surface area contributed by atoms with Crippen LogP contribution >= 0.6 is 11.6 Å². The summed E-state index contributed by atoms with van der Waals surface area (Å²) in [5, 5.41) is 12.8. The van der Waals surface area contributed by atoms with Gasteiger partial charge in [-0.25, -0.2) is 19.3 Å². The van der Waals surface area contributed by atoms with Crippen LogP contribution in [-0.2, 0) is 0 Å². The standard InChI is InChI=1S/C23H20ClFN10O3/c1-26-18-6-17(32-20-12(7-29-35(18)20)21(36)31-14-5-13(14)25)30-15-4-11(24)10-34(23(15)38)19-9-27-16(8-28-19)22(37)33(2)3/h4-10,14,26H,1-3H3,(H,30,32)(H,31,36)/t14-/m0/s1. The van der Waals surface area contributed by atoms with Crippen molar-refractivity contribution in [2.24, 2.45) is 0 Å². The molecule has 0 bridgehead atoms. The van der Waals surface area contributed by atoms with E-state index in [0.717, 1.165) is 0 Å². The van der Waals surface area contributed by atoms with Gasteiger partial charge in [-0.05, 0) is 12.1 Å². The Morgan fingerprint density at radius 3 is 2.55 bits per heavy atom. The van der Waals surface area contributed by atoms with Gasteiger partial charge in [-0.2, -0.15) is 9.61 Å². The average Bonchev–Trinajstić information content (AvgIpc) is 3.41. The Morgan fingerprint density at radius 2 is 1.92 bits per heavy atom. The lowest BCUT2D eigenvalue weighted by Gasteiger charge is -2.13. The lowest BCUT2D eigenvalue weighted by molar-refractivity contribution is 0.0821. The lowest BCUT2D eigenvalue weighted by atomic mass is 10.3. The normalized spacial score (nSPS) is 14.1. The Hall–Kier alpha value is -4.85. The summed E-state index contributed by atoms with van der Waals surface area (Å²) >= 11 is 6.29. The van der Waals surface area contributed by atoms with E-state index in [9.17, 15) is 18.8 Å². The van der Waals surface area contributed by atoms with Gasteiger partial charge in [0.2, 0.25) is 0 Å². The molecule has 13 nitrogen and oxygen atoms in total. The van der Waals surface area contributed by atoms with Gasteiger partial charge >= 0.3 is 0 Å². The summed E-state index contributed by atoms with van der Waals surface area (Å²) in [5.41, 5.74) is -0.0620. The van der Waals surface area contributed by atoms with Gasteiger partial charge in [-0.3, -0.25) is 19.0 Å². The minimum atomic E-state index is -0.731. The van der Waals surface area contributed by atoms with Gasteiger partial charge in [0.1, 0.15) is 40.4 Å². The molecule has 4 aromatic heterocycles. The number of amides is 2. The van der Waals surface area contributed by atoms with Crippen LogP contribution in [0.4, 0.5) is 21.7 Å². The van der Waals surface area contributed by atoms with Gasteiger partial charge in [0.05, 0.1) is 23.6 Å². The van der Waals surface area contributed by atoms with E-state index in [1.54, 1.807) is 27.2 Å². The molecular formula is C23H20ClFN10O3. The van der Waals surface area contributed by atoms with Gasteiger partial charge in [0, 0.05) is 33.4 Å². The molecule has 5 rings (SSSR count). The Labute approximate surface area is 219 Å². The number of carbonyl (C=O) groups excluding carboxylic acids is 2. The highest BCUT2D eigenvalue weighted by Crippen LogP contribution is 2.24. The quantitative estimate of drug-likeness (QED) is 0.320. The van der Waals surface area contributed by atoms with Gasteiger partial charge in [0.15, 0.2) is 11.5 Å². The maximum atomic E-state index is 13.3. The summed E-state index contributed by atoms with van der Waals surface area (Å²) in [6, 6.07) is 2.26. The van der Waals surface area contributed by atoms with Crippen LogP contribution in [0.15, 0.2) is 53.6 Å². The first-order chi connectivity index (χ1) is 18.2. The number of nitrogens with one attached hydrogen (secondary N) is 3. The van der Waals surface area contributed by atoms with E-state index in [1.807, 2.05) is 0 Å². The van der Waals surface area contributed by atoms with Crippen LogP contribution in [0.3, 0.4) is 0 Å². The number of hydrogen-bond donors (Lipinski definition) is 3. The molecule has 0 saturated heterocycles. The van der Waals surface area contributed by atoms with E-state index in [2.05, 4.69) is 36.0 Å². The third-order valence-electron chi connectivity index (χ3n) is 5.53. The smallest absolute Gasteiger partial charge is 0.280 e. The molecule has 194 valence electrons. The van der Waals surface area contributed by atoms with E-state index < -0.39 is 23.3 Å². The van der Waals surface area contributed by atoms with Gasteiger partial charge in [-0.1, -0.05) is 11.6 Å². The first kappa shape index (κ1) is 24.8. The van der Waals surface area contributed by atoms with Gasteiger partial charge in [-0.15, -0.1) is 0 Å². The molecule has 0 aromatic carbocycles. The van der Waals surface area contributed by atoms with Crippen molar-refractivity contribution in [3.8, 4) is 5.82 Å². The molecule has 0 unspecified atom stereocenters. The number of carbonyl (C=O) groups is 2. The molecule has 4 aromatic rings. The number of aromatic nitrogens is 6. The molecular weight excluding hydrogens is 519 g/mol. The number of hydrogen-bond acceptors (Lipinski definition) is 9. The molecule has 3 N–H and O–H groups in total. The molecule has 1 atom stereocenters. The number of nitrogens with zero attached hydrogens (tertiary/aromatic N) is 7. The summed E-state index contributed by atoms with van der Waals surface area (Å²) in [7, 11) is 4.83. The van der Waals surface area contributed by atoms with Gasteiger partial charge in [0.25, 0.3) is 17.4 Å². The molecule has 1 aliphatic rings. The number of anilines is 3. The van der Waals surface area contributed by atoms with Crippen LogP contribution in [-0.4, -0.2) is 73.0 Å². The first-order valence-electron chi connectivity index (χ1n) is 11.1. The van der Waals surface area contributed by atoms with Crippen molar-refractivity contribution in [1.82, 2.24) is 39.3 Å². The molecule has 0 fully saturated rings. The minimum Gasteiger partial charge on any atom is -0.373 e. The number of pyridine rings is 1. The van der Waals surface area contributed by atoms with E-state index in [0.29, 0.717) is 5.82 Å².